The van der Waals surface area contributed by atoms with Gasteiger partial charge in [-0.15, -0.1) is 0 Å². The highest BCUT2D eigenvalue weighted by Gasteiger charge is 2.26. The Hall–Kier alpha value is -1.32. The first-order chi connectivity index (χ1) is 5.83. The van der Waals surface area contributed by atoms with E-state index < -0.39 is 0 Å². The van der Waals surface area contributed by atoms with E-state index in [1.165, 1.54) is 7.11 Å². The zero-order chi connectivity index (χ0) is 8.55. The minimum absolute atomic E-state index is 0.0343. The van der Waals surface area contributed by atoms with Crippen LogP contribution >= 0.6 is 0 Å². The smallest absolute Gasteiger partial charge is 0.257 e. The van der Waals surface area contributed by atoms with E-state index in [4.69, 9.17) is 9.26 Å². The number of hydrogen-bond donors (Lipinski definition) is 0. The Labute approximate surface area is 69.5 Å². The fourth-order valence-corrected chi connectivity index (χ4v) is 1.43. The molecule has 1 aromatic heterocycles. The van der Waals surface area contributed by atoms with Gasteiger partial charge in [-0.3, -0.25) is 4.79 Å². The second-order valence-electron chi connectivity index (χ2n) is 2.78. The molecule has 4 heteroatoms. The number of aromatic nitrogens is 1. The van der Waals surface area contributed by atoms with Gasteiger partial charge in [-0.2, -0.15) is 0 Å². The summed E-state index contributed by atoms with van der Waals surface area (Å²) in [6.45, 7) is 0. The minimum atomic E-state index is 0.0343. The molecule has 64 valence electrons. The van der Waals surface area contributed by atoms with Crippen molar-refractivity contribution in [2.45, 2.75) is 19.3 Å². The van der Waals surface area contributed by atoms with Crippen LogP contribution in [0.2, 0.25) is 0 Å². The lowest BCUT2D eigenvalue weighted by Gasteiger charge is -2.06. The summed E-state index contributed by atoms with van der Waals surface area (Å²) in [5.41, 5.74) is 0.828. The lowest BCUT2D eigenvalue weighted by atomic mass is 9.97. The average Bonchev–Trinajstić information content (AvgIpc) is 2.49. The van der Waals surface area contributed by atoms with Crippen LogP contribution in [0.25, 0.3) is 0 Å². The molecule has 0 N–H and O–H groups in total. The summed E-state index contributed by atoms with van der Waals surface area (Å²) in [4.78, 5) is 11.2. The van der Waals surface area contributed by atoms with Gasteiger partial charge in [0.05, 0.1) is 12.7 Å². The van der Waals surface area contributed by atoms with Crippen LogP contribution in [-0.2, 0) is 6.42 Å². The highest BCUT2D eigenvalue weighted by atomic mass is 16.5. The van der Waals surface area contributed by atoms with Gasteiger partial charge in [0.2, 0.25) is 11.5 Å². The van der Waals surface area contributed by atoms with Crippen LogP contribution in [0, 0.1) is 0 Å². The molecule has 12 heavy (non-hydrogen) atoms. The number of Topliss-reactive ketones (excluding diaryl/α,β-unsaturated/α-hetero) is 1. The average molecular weight is 167 g/mol. The van der Waals surface area contributed by atoms with Gasteiger partial charge >= 0.3 is 0 Å². The Morgan fingerprint density at radius 2 is 2.33 bits per heavy atom. The molecule has 0 unspecified atom stereocenters. The Bertz CT molecular complexity index is 316. The number of hydrogen-bond acceptors (Lipinski definition) is 4. The highest BCUT2D eigenvalue weighted by molar-refractivity contribution is 5.96. The molecule has 1 heterocycles. The molecule has 0 bridgehead atoms. The number of ketones is 1. The highest BCUT2D eigenvalue weighted by Crippen LogP contribution is 2.28. The zero-order valence-electron chi connectivity index (χ0n) is 6.79. The predicted molar refractivity (Wildman–Crippen MR) is 40.3 cm³/mol. The second-order valence-corrected chi connectivity index (χ2v) is 2.78. The minimum Gasteiger partial charge on any atom is -0.479 e. The van der Waals surface area contributed by atoms with Crippen LogP contribution in [0.3, 0.4) is 0 Å². The lowest BCUT2D eigenvalue weighted by Crippen LogP contribution is -2.08. The number of ether oxygens (including phenoxy) is 1. The number of rotatable bonds is 1. The number of carbonyl (C=O) groups is 1. The zero-order valence-corrected chi connectivity index (χ0v) is 6.79. The van der Waals surface area contributed by atoms with Crippen molar-refractivity contribution >= 4 is 5.78 Å². The molecule has 4 nitrogen and oxygen atoms in total. The molecule has 0 amide bonds. The monoisotopic (exact) mass is 167 g/mol. The molecule has 0 spiro atoms. The van der Waals surface area contributed by atoms with E-state index in [2.05, 4.69) is 5.16 Å². The van der Waals surface area contributed by atoms with E-state index in [0.29, 0.717) is 18.1 Å². The summed E-state index contributed by atoms with van der Waals surface area (Å²) in [5, 5.41) is 3.65. The fourth-order valence-electron chi connectivity index (χ4n) is 1.43. The predicted octanol–water partition coefficient (Wildman–Crippen LogP) is 1.20. The number of carbonyl (C=O) groups excluding carboxylic acids is 1. The van der Waals surface area contributed by atoms with Crippen LogP contribution in [0.15, 0.2) is 4.52 Å². The molecule has 0 saturated heterocycles. The summed E-state index contributed by atoms with van der Waals surface area (Å²) >= 11 is 0. The molecular weight excluding hydrogens is 158 g/mol. The van der Waals surface area contributed by atoms with E-state index in [0.717, 1.165) is 18.4 Å². The van der Waals surface area contributed by atoms with Crippen molar-refractivity contribution in [1.29, 1.82) is 0 Å². The molecule has 0 fully saturated rings. The largest absolute Gasteiger partial charge is 0.479 e. The van der Waals surface area contributed by atoms with E-state index in [9.17, 15) is 4.79 Å². The van der Waals surface area contributed by atoms with Gasteiger partial charge in [0, 0.05) is 6.42 Å². The maximum atomic E-state index is 11.2. The van der Waals surface area contributed by atoms with Gasteiger partial charge in [0.25, 0.3) is 5.88 Å². The van der Waals surface area contributed by atoms with Crippen LogP contribution < -0.4 is 4.74 Å². The summed E-state index contributed by atoms with van der Waals surface area (Å²) < 4.78 is 9.81. The Kier molecular flexibility index (Phi) is 1.60. The summed E-state index contributed by atoms with van der Waals surface area (Å²) in [6, 6.07) is 0. The van der Waals surface area contributed by atoms with Crippen LogP contribution in [0.4, 0.5) is 0 Å². The number of methoxy groups -OCH3 is 1. The topological polar surface area (TPSA) is 52.3 Å². The van der Waals surface area contributed by atoms with Crippen molar-refractivity contribution in [2.24, 2.45) is 0 Å². The molecule has 0 saturated carbocycles. The SMILES string of the molecule is COc1noc2c1CCCC2=O. The molecule has 0 atom stereocenters. The third-order valence-corrected chi connectivity index (χ3v) is 2.03. The van der Waals surface area contributed by atoms with Crippen LogP contribution in [0.1, 0.15) is 29.0 Å². The van der Waals surface area contributed by atoms with Crippen molar-refractivity contribution in [3.63, 3.8) is 0 Å². The first kappa shape index (κ1) is 7.34. The molecular formula is C8H9NO3. The van der Waals surface area contributed by atoms with Crippen molar-refractivity contribution in [1.82, 2.24) is 5.16 Å². The number of fused-ring (bicyclic) bond motifs is 1. The fraction of sp³-hybridized carbons (Fsp3) is 0.500. The first-order valence-corrected chi connectivity index (χ1v) is 3.88. The van der Waals surface area contributed by atoms with Crippen LogP contribution in [0.5, 0.6) is 5.88 Å². The maximum Gasteiger partial charge on any atom is 0.257 e. The summed E-state index contributed by atoms with van der Waals surface area (Å²) in [5.74, 6) is 0.878. The van der Waals surface area contributed by atoms with Gasteiger partial charge in [0.15, 0.2) is 0 Å². The standard InChI is InChI=1S/C8H9NO3/c1-11-8-5-3-2-4-6(10)7(5)12-9-8/h2-4H2,1H3. The van der Waals surface area contributed by atoms with Gasteiger partial charge in [-0.1, -0.05) is 0 Å². The van der Waals surface area contributed by atoms with Gasteiger partial charge in [0.1, 0.15) is 0 Å². The third kappa shape index (κ3) is 0.913. The van der Waals surface area contributed by atoms with E-state index in [1.807, 2.05) is 0 Å². The second kappa shape index (κ2) is 2.62. The van der Waals surface area contributed by atoms with E-state index in [-0.39, 0.29) is 5.78 Å². The molecule has 1 aliphatic carbocycles. The molecule has 0 aliphatic heterocycles. The molecule has 1 aromatic rings. The Morgan fingerprint density at radius 3 is 3.08 bits per heavy atom. The van der Waals surface area contributed by atoms with Crippen molar-refractivity contribution in [3.8, 4) is 5.88 Å². The summed E-state index contributed by atoms with van der Waals surface area (Å²) in [6.07, 6.45) is 2.25. The Balaban J connectivity index is 2.48. The molecule has 2 rings (SSSR count). The van der Waals surface area contributed by atoms with Gasteiger partial charge in [-0.05, 0) is 18.0 Å². The normalized spacial score (nSPS) is 15.9. The first-order valence-electron chi connectivity index (χ1n) is 3.88. The molecule has 1 aliphatic rings. The van der Waals surface area contributed by atoms with Gasteiger partial charge in [-0.25, -0.2) is 0 Å². The van der Waals surface area contributed by atoms with E-state index >= 15 is 0 Å². The van der Waals surface area contributed by atoms with Crippen molar-refractivity contribution in [2.75, 3.05) is 7.11 Å². The number of nitrogens with zero attached hydrogens (tertiary/aromatic N) is 1. The van der Waals surface area contributed by atoms with Crippen molar-refractivity contribution in [3.05, 3.63) is 11.3 Å². The van der Waals surface area contributed by atoms with E-state index in [1.54, 1.807) is 0 Å². The van der Waals surface area contributed by atoms with Gasteiger partial charge < -0.3 is 9.26 Å². The molecule has 0 radical (unpaired) electrons. The quantitative estimate of drug-likeness (QED) is 0.630. The molecule has 0 aromatic carbocycles. The lowest BCUT2D eigenvalue weighted by molar-refractivity contribution is 0.0934. The Morgan fingerprint density at radius 1 is 1.50 bits per heavy atom. The third-order valence-electron chi connectivity index (χ3n) is 2.03. The van der Waals surface area contributed by atoms with Crippen molar-refractivity contribution < 1.29 is 14.1 Å². The maximum absolute atomic E-state index is 11.2. The summed E-state index contributed by atoms with van der Waals surface area (Å²) in [7, 11) is 1.53. The van der Waals surface area contributed by atoms with Crippen LogP contribution in [-0.4, -0.2) is 18.0 Å².